The molecule has 0 aromatic heterocycles. The molecular formula is C26H31NO3. The largest absolute Gasteiger partial charge is 0.489 e. The number of benzene rings is 3. The topological polar surface area (TPSA) is 50.7 Å². The van der Waals surface area contributed by atoms with E-state index < -0.39 is 6.10 Å². The Hall–Kier alpha value is -2.82. The first kappa shape index (κ1) is 21.9. The normalized spacial score (nSPS) is 12.4. The van der Waals surface area contributed by atoms with Crippen molar-refractivity contribution in [3.8, 4) is 11.5 Å². The minimum Gasteiger partial charge on any atom is -0.489 e. The van der Waals surface area contributed by atoms with Crippen LogP contribution in [0.4, 0.5) is 0 Å². The molecule has 0 aliphatic carbocycles. The summed E-state index contributed by atoms with van der Waals surface area (Å²) in [7, 11) is 0. The molecule has 1 atom stereocenters. The van der Waals surface area contributed by atoms with E-state index in [1.54, 1.807) is 0 Å². The number of nitrogens with one attached hydrogen (secondary N) is 1. The fourth-order valence-electron chi connectivity index (χ4n) is 2.96. The zero-order chi connectivity index (χ0) is 21.4. The molecule has 4 nitrogen and oxygen atoms in total. The van der Waals surface area contributed by atoms with Crippen LogP contribution in [0, 0.1) is 0 Å². The van der Waals surface area contributed by atoms with Gasteiger partial charge in [-0.1, -0.05) is 60.7 Å². The predicted molar refractivity (Wildman–Crippen MR) is 121 cm³/mol. The number of β-amino-alcohol motifs (C(OH)–C–C–N with tert-alkyl or cyclic N) is 1. The summed E-state index contributed by atoms with van der Waals surface area (Å²) in [6, 6.07) is 25.7. The first-order chi connectivity index (χ1) is 14.4. The number of aliphatic hydroxyl groups excluding tert-OH is 1. The molecule has 3 aromatic rings. The third-order valence-electron chi connectivity index (χ3n) is 4.61. The zero-order valence-corrected chi connectivity index (χ0v) is 18.0. The molecule has 0 saturated carbocycles. The lowest BCUT2D eigenvalue weighted by Crippen LogP contribution is -2.38. The van der Waals surface area contributed by atoms with Crippen LogP contribution in [-0.2, 0) is 13.2 Å². The maximum absolute atomic E-state index is 10.7. The van der Waals surface area contributed by atoms with Crippen LogP contribution >= 0.6 is 0 Å². The summed E-state index contributed by atoms with van der Waals surface area (Å²) < 4.78 is 12.0. The number of ether oxygens (including phenoxy) is 2. The molecule has 3 rings (SSSR count). The molecule has 4 heteroatoms. The monoisotopic (exact) mass is 405 g/mol. The van der Waals surface area contributed by atoms with E-state index in [0.29, 0.717) is 31.3 Å². The molecule has 0 aliphatic heterocycles. The third kappa shape index (κ3) is 7.21. The maximum Gasteiger partial charge on any atom is 0.123 e. The molecular weight excluding hydrogens is 374 g/mol. The Bertz CT molecular complexity index is 843. The summed E-state index contributed by atoms with van der Waals surface area (Å²) in [5, 5.41) is 14.1. The second-order valence-electron chi connectivity index (χ2n) is 8.43. The molecule has 0 spiro atoms. The van der Waals surface area contributed by atoms with Crippen LogP contribution in [0.5, 0.6) is 11.5 Å². The highest BCUT2D eigenvalue weighted by molar-refractivity contribution is 5.40. The van der Waals surface area contributed by atoms with E-state index >= 15 is 0 Å². The highest BCUT2D eigenvalue weighted by Gasteiger charge is 2.16. The molecule has 0 unspecified atom stereocenters. The third-order valence-corrected chi connectivity index (χ3v) is 4.61. The average Bonchev–Trinajstić information content (AvgIpc) is 2.75. The Balaban J connectivity index is 1.75. The van der Waals surface area contributed by atoms with E-state index in [1.807, 2.05) is 78.9 Å². The van der Waals surface area contributed by atoms with Crippen molar-refractivity contribution in [2.75, 3.05) is 6.54 Å². The smallest absolute Gasteiger partial charge is 0.123 e. The van der Waals surface area contributed by atoms with Crippen LogP contribution in [0.25, 0.3) is 0 Å². The summed E-state index contributed by atoms with van der Waals surface area (Å²) in [6.45, 7) is 7.59. The van der Waals surface area contributed by atoms with E-state index in [1.165, 1.54) is 0 Å². The summed E-state index contributed by atoms with van der Waals surface area (Å²) in [6.07, 6.45) is -0.663. The van der Waals surface area contributed by atoms with Gasteiger partial charge in [-0.15, -0.1) is 0 Å². The van der Waals surface area contributed by atoms with E-state index in [9.17, 15) is 5.11 Å². The average molecular weight is 406 g/mol. The fourth-order valence-corrected chi connectivity index (χ4v) is 2.96. The number of aliphatic hydroxyl groups is 1. The lowest BCUT2D eigenvalue weighted by molar-refractivity contribution is 0.162. The van der Waals surface area contributed by atoms with Gasteiger partial charge in [-0.05, 0) is 49.6 Å². The maximum atomic E-state index is 10.7. The highest BCUT2D eigenvalue weighted by atomic mass is 16.5. The standard InChI is InChI=1S/C26H31NO3/c1-26(2,3)27-17-25(28)22-14-23(29-18-20-10-6-4-7-11-20)16-24(15-22)30-19-21-12-8-5-9-13-21/h4-16,25,27-28H,17-19H2,1-3H3/t25-/m0/s1. The Kier molecular flexibility index (Phi) is 7.50. The van der Waals surface area contributed by atoms with E-state index in [-0.39, 0.29) is 5.54 Å². The van der Waals surface area contributed by atoms with Crippen molar-refractivity contribution in [3.63, 3.8) is 0 Å². The Morgan fingerprint density at radius 3 is 1.67 bits per heavy atom. The fraction of sp³-hybridized carbons (Fsp3) is 0.308. The SMILES string of the molecule is CC(C)(C)NC[C@H](O)c1cc(OCc2ccccc2)cc(OCc2ccccc2)c1. The highest BCUT2D eigenvalue weighted by Crippen LogP contribution is 2.28. The van der Waals surface area contributed by atoms with Gasteiger partial charge in [-0.3, -0.25) is 0 Å². The van der Waals surface area contributed by atoms with E-state index in [0.717, 1.165) is 16.7 Å². The molecule has 0 saturated heterocycles. The summed E-state index contributed by atoms with van der Waals surface area (Å²) in [5.74, 6) is 1.35. The summed E-state index contributed by atoms with van der Waals surface area (Å²) in [5.41, 5.74) is 2.87. The second-order valence-corrected chi connectivity index (χ2v) is 8.43. The van der Waals surface area contributed by atoms with Crippen LogP contribution in [0.15, 0.2) is 78.9 Å². The van der Waals surface area contributed by atoms with Crippen molar-refractivity contribution in [1.29, 1.82) is 0 Å². The molecule has 3 aromatic carbocycles. The predicted octanol–water partition coefficient (Wildman–Crippen LogP) is 5.27. The van der Waals surface area contributed by atoms with Crippen molar-refractivity contribution < 1.29 is 14.6 Å². The molecule has 0 bridgehead atoms. The second kappa shape index (κ2) is 10.3. The minimum atomic E-state index is -0.663. The zero-order valence-electron chi connectivity index (χ0n) is 18.0. The van der Waals surface area contributed by atoms with Gasteiger partial charge in [-0.2, -0.15) is 0 Å². The first-order valence-electron chi connectivity index (χ1n) is 10.3. The quantitative estimate of drug-likeness (QED) is 0.509. The lowest BCUT2D eigenvalue weighted by atomic mass is 10.1. The van der Waals surface area contributed by atoms with Gasteiger partial charge in [-0.25, -0.2) is 0 Å². The molecule has 158 valence electrons. The summed E-state index contributed by atoms with van der Waals surface area (Å²) in [4.78, 5) is 0. The summed E-state index contributed by atoms with van der Waals surface area (Å²) >= 11 is 0. The van der Waals surface area contributed by atoms with Crippen molar-refractivity contribution in [3.05, 3.63) is 95.6 Å². The Labute approximate surface area is 179 Å². The van der Waals surface area contributed by atoms with Crippen LogP contribution in [-0.4, -0.2) is 17.2 Å². The molecule has 0 aliphatic rings. The van der Waals surface area contributed by atoms with Crippen molar-refractivity contribution >= 4 is 0 Å². The van der Waals surface area contributed by atoms with Crippen molar-refractivity contribution in [1.82, 2.24) is 5.32 Å². The van der Waals surface area contributed by atoms with Crippen LogP contribution < -0.4 is 14.8 Å². The lowest BCUT2D eigenvalue weighted by Gasteiger charge is -2.23. The molecule has 0 fully saturated rings. The van der Waals surface area contributed by atoms with Gasteiger partial charge < -0.3 is 19.9 Å². The molecule has 30 heavy (non-hydrogen) atoms. The van der Waals surface area contributed by atoms with E-state index in [2.05, 4.69) is 26.1 Å². The van der Waals surface area contributed by atoms with Gasteiger partial charge in [0.25, 0.3) is 0 Å². The molecule has 0 radical (unpaired) electrons. The van der Waals surface area contributed by atoms with Gasteiger partial charge in [0.05, 0.1) is 6.10 Å². The number of rotatable bonds is 9. The van der Waals surface area contributed by atoms with E-state index in [4.69, 9.17) is 9.47 Å². The van der Waals surface area contributed by atoms with Gasteiger partial charge in [0.2, 0.25) is 0 Å². The van der Waals surface area contributed by atoms with Gasteiger partial charge in [0.1, 0.15) is 24.7 Å². The molecule has 2 N–H and O–H groups in total. The van der Waals surface area contributed by atoms with Gasteiger partial charge >= 0.3 is 0 Å². The Morgan fingerprint density at radius 2 is 1.23 bits per heavy atom. The number of hydrogen-bond donors (Lipinski definition) is 2. The van der Waals surface area contributed by atoms with Gasteiger partial charge in [0, 0.05) is 18.2 Å². The van der Waals surface area contributed by atoms with Gasteiger partial charge in [0.15, 0.2) is 0 Å². The van der Waals surface area contributed by atoms with Crippen LogP contribution in [0.3, 0.4) is 0 Å². The minimum absolute atomic E-state index is 0.0744. The Morgan fingerprint density at radius 1 is 0.767 bits per heavy atom. The molecule has 0 heterocycles. The van der Waals surface area contributed by atoms with Crippen molar-refractivity contribution in [2.24, 2.45) is 0 Å². The van der Waals surface area contributed by atoms with Crippen LogP contribution in [0.2, 0.25) is 0 Å². The van der Waals surface area contributed by atoms with Crippen molar-refractivity contribution in [2.45, 2.75) is 45.6 Å². The van der Waals surface area contributed by atoms with Crippen LogP contribution in [0.1, 0.15) is 43.6 Å². The molecule has 0 amide bonds. The first-order valence-corrected chi connectivity index (χ1v) is 10.3. The number of hydrogen-bond acceptors (Lipinski definition) is 4.